The average molecular weight is 396 g/mol. The van der Waals surface area contributed by atoms with Crippen molar-refractivity contribution < 1.29 is 9.59 Å². The van der Waals surface area contributed by atoms with E-state index in [2.05, 4.69) is 20.1 Å². The zero-order chi connectivity index (χ0) is 20.1. The normalized spacial score (nSPS) is 18.9. The van der Waals surface area contributed by atoms with Gasteiger partial charge in [0.2, 0.25) is 11.8 Å². The van der Waals surface area contributed by atoms with Crippen LogP contribution < -0.4 is 5.32 Å². The number of aromatic nitrogens is 3. The van der Waals surface area contributed by atoms with Crippen molar-refractivity contribution >= 4 is 11.8 Å². The fourth-order valence-electron chi connectivity index (χ4n) is 4.36. The highest BCUT2D eigenvalue weighted by molar-refractivity contribution is 5.89. The van der Waals surface area contributed by atoms with Gasteiger partial charge in [0.1, 0.15) is 17.7 Å². The predicted molar refractivity (Wildman–Crippen MR) is 109 cm³/mol. The SMILES string of the molecule is O=C(NCCc1nnc2n1CCCCC2)C1CCCN1C(=O)Cc1ccccc1. The van der Waals surface area contributed by atoms with Gasteiger partial charge < -0.3 is 14.8 Å². The van der Waals surface area contributed by atoms with Gasteiger partial charge in [-0.25, -0.2) is 0 Å². The van der Waals surface area contributed by atoms with Gasteiger partial charge >= 0.3 is 0 Å². The van der Waals surface area contributed by atoms with Crippen LogP contribution in [0.4, 0.5) is 0 Å². The molecule has 0 radical (unpaired) electrons. The number of carbonyl (C=O) groups excluding carboxylic acids is 2. The molecule has 7 nitrogen and oxygen atoms in total. The lowest BCUT2D eigenvalue weighted by molar-refractivity contribution is -0.137. The molecule has 154 valence electrons. The quantitative estimate of drug-likeness (QED) is 0.810. The minimum atomic E-state index is -0.360. The van der Waals surface area contributed by atoms with E-state index in [0.717, 1.165) is 49.4 Å². The first kappa shape index (κ1) is 19.6. The Kier molecular flexibility index (Phi) is 6.22. The van der Waals surface area contributed by atoms with Crippen LogP contribution in [0.1, 0.15) is 49.3 Å². The molecule has 1 aromatic heterocycles. The number of likely N-dealkylation sites (tertiary alicyclic amines) is 1. The van der Waals surface area contributed by atoms with Crippen molar-refractivity contribution in [3.63, 3.8) is 0 Å². The molecule has 1 N–H and O–H groups in total. The number of hydrogen-bond donors (Lipinski definition) is 1. The molecule has 2 aromatic rings. The van der Waals surface area contributed by atoms with Crippen LogP contribution in [-0.4, -0.2) is 50.6 Å². The Morgan fingerprint density at radius 2 is 1.90 bits per heavy atom. The highest BCUT2D eigenvalue weighted by Crippen LogP contribution is 2.19. The van der Waals surface area contributed by atoms with Crippen molar-refractivity contribution in [2.24, 2.45) is 0 Å². The molecule has 0 saturated carbocycles. The summed E-state index contributed by atoms with van der Waals surface area (Å²) in [7, 11) is 0. The largest absolute Gasteiger partial charge is 0.354 e. The van der Waals surface area contributed by atoms with Crippen LogP contribution in [-0.2, 0) is 35.4 Å². The van der Waals surface area contributed by atoms with Gasteiger partial charge in [-0.1, -0.05) is 36.8 Å². The number of rotatable bonds is 6. The average Bonchev–Trinajstić information content (AvgIpc) is 3.30. The van der Waals surface area contributed by atoms with Gasteiger partial charge in [0.25, 0.3) is 0 Å². The van der Waals surface area contributed by atoms with Crippen LogP contribution in [0.25, 0.3) is 0 Å². The first-order valence-corrected chi connectivity index (χ1v) is 10.7. The number of nitrogens with one attached hydrogen (secondary N) is 1. The van der Waals surface area contributed by atoms with Gasteiger partial charge in [0.15, 0.2) is 0 Å². The van der Waals surface area contributed by atoms with E-state index in [0.29, 0.717) is 25.9 Å². The molecular formula is C22H29N5O2. The number of fused-ring (bicyclic) bond motifs is 1. The maximum atomic E-state index is 12.7. The molecule has 0 aliphatic carbocycles. The second kappa shape index (κ2) is 9.20. The molecule has 1 fully saturated rings. The minimum Gasteiger partial charge on any atom is -0.354 e. The summed E-state index contributed by atoms with van der Waals surface area (Å²) in [5.74, 6) is 1.99. The summed E-state index contributed by atoms with van der Waals surface area (Å²) < 4.78 is 2.21. The monoisotopic (exact) mass is 395 g/mol. The molecule has 0 spiro atoms. The Hall–Kier alpha value is -2.70. The van der Waals surface area contributed by atoms with E-state index in [-0.39, 0.29) is 17.9 Å². The molecule has 2 amide bonds. The minimum absolute atomic E-state index is 0.0247. The second-order valence-corrected chi connectivity index (χ2v) is 7.94. The van der Waals surface area contributed by atoms with Crippen LogP contribution in [0, 0.1) is 0 Å². The standard InChI is InChI=1S/C22H29N5O2/c28-21(16-17-8-3-1-4-9-17)26-15-7-10-18(26)22(29)23-13-12-20-25-24-19-11-5-2-6-14-27(19)20/h1,3-4,8-9,18H,2,5-7,10-16H2,(H,23,29). The van der Waals surface area contributed by atoms with Crippen LogP contribution in [0.5, 0.6) is 0 Å². The summed E-state index contributed by atoms with van der Waals surface area (Å²) in [6.45, 7) is 2.14. The van der Waals surface area contributed by atoms with Gasteiger partial charge in [0.05, 0.1) is 6.42 Å². The first-order valence-electron chi connectivity index (χ1n) is 10.7. The molecule has 0 bridgehead atoms. The van der Waals surface area contributed by atoms with Gasteiger partial charge in [-0.2, -0.15) is 0 Å². The number of carbonyl (C=O) groups is 2. The maximum absolute atomic E-state index is 12.7. The molecule has 29 heavy (non-hydrogen) atoms. The van der Waals surface area contributed by atoms with E-state index in [1.54, 1.807) is 4.90 Å². The molecule has 3 heterocycles. The van der Waals surface area contributed by atoms with Crippen LogP contribution in [0.15, 0.2) is 30.3 Å². The number of nitrogens with zero attached hydrogens (tertiary/aromatic N) is 4. The summed E-state index contributed by atoms with van der Waals surface area (Å²) in [4.78, 5) is 27.2. The number of amides is 2. The van der Waals surface area contributed by atoms with E-state index in [1.165, 1.54) is 12.8 Å². The Morgan fingerprint density at radius 1 is 1.03 bits per heavy atom. The van der Waals surface area contributed by atoms with Crippen LogP contribution >= 0.6 is 0 Å². The van der Waals surface area contributed by atoms with E-state index in [4.69, 9.17) is 0 Å². The topological polar surface area (TPSA) is 80.1 Å². The summed E-state index contributed by atoms with van der Waals surface area (Å²) in [6, 6.07) is 9.34. The Bertz CT molecular complexity index is 848. The van der Waals surface area contributed by atoms with Crippen LogP contribution in [0.3, 0.4) is 0 Å². The second-order valence-electron chi connectivity index (χ2n) is 7.94. The van der Waals surface area contributed by atoms with Gasteiger partial charge in [0, 0.05) is 32.5 Å². The third-order valence-electron chi connectivity index (χ3n) is 5.91. The van der Waals surface area contributed by atoms with E-state index in [9.17, 15) is 9.59 Å². The molecule has 2 aliphatic rings. The summed E-state index contributed by atoms with van der Waals surface area (Å²) in [5.41, 5.74) is 0.982. The van der Waals surface area contributed by atoms with Gasteiger partial charge in [-0.3, -0.25) is 9.59 Å². The molecule has 1 atom stereocenters. The van der Waals surface area contributed by atoms with Crippen molar-refractivity contribution in [3.05, 3.63) is 47.5 Å². The lowest BCUT2D eigenvalue weighted by Crippen LogP contribution is -2.46. The lowest BCUT2D eigenvalue weighted by atomic mass is 10.1. The molecule has 1 aromatic carbocycles. The summed E-state index contributed by atoms with van der Waals surface area (Å²) in [5, 5.41) is 11.7. The van der Waals surface area contributed by atoms with Gasteiger partial charge in [-0.15, -0.1) is 10.2 Å². The van der Waals surface area contributed by atoms with Crippen molar-refractivity contribution in [1.82, 2.24) is 25.0 Å². The number of benzene rings is 1. The molecule has 1 saturated heterocycles. The fourth-order valence-corrected chi connectivity index (χ4v) is 4.36. The molecular weight excluding hydrogens is 366 g/mol. The summed E-state index contributed by atoms with van der Waals surface area (Å²) in [6.07, 6.45) is 7.16. The smallest absolute Gasteiger partial charge is 0.242 e. The Balaban J connectivity index is 1.30. The molecule has 2 aliphatic heterocycles. The molecule has 7 heteroatoms. The van der Waals surface area contributed by atoms with E-state index < -0.39 is 0 Å². The van der Waals surface area contributed by atoms with Crippen molar-refractivity contribution in [2.75, 3.05) is 13.1 Å². The van der Waals surface area contributed by atoms with Gasteiger partial charge in [-0.05, 0) is 31.2 Å². The highest BCUT2D eigenvalue weighted by atomic mass is 16.2. The van der Waals surface area contributed by atoms with Crippen LogP contribution in [0.2, 0.25) is 0 Å². The lowest BCUT2D eigenvalue weighted by Gasteiger charge is -2.24. The Labute approximate surface area is 171 Å². The Morgan fingerprint density at radius 3 is 2.76 bits per heavy atom. The van der Waals surface area contributed by atoms with E-state index in [1.807, 2.05) is 30.3 Å². The maximum Gasteiger partial charge on any atom is 0.242 e. The van der Waals surface area contributed by atoms with Crippen molar-refractivity contribution in [3.8, 4) is 0 Å². The first-order chi connectivity index (χ1) is 14.2. The number of aryl methyl sites for hydroxylation is 1. The molecule has 1 unspecified atom stereocenters. The third-order valence-corrected chi connectivity index (χ3v) is 5.91. The summed E-state index contributed by atoms with van der Waals surface area (Å²) >= 11 is 0. The zero-order valence-electron chi connectivity index (χ0n) is 16.8. The zero-order valence-corrected chi connectivity index (χ0v) is 16.8. The highest BCUT2D eigenvalue weighted by Gasteiger charge is 2.33. The van der Waals surface area contributed by atoms with Crippen molar-refractivity contribution in [2.45, 2.75) is 64.0 Å². The molecule has 4 rings (SSSR count). The van der Waals surface area contributed by atoms with Crippen molar-refractivity contribution in [1.29, 1.82) is 0 Å². The predicted octanol–water partition coefficient (Wildman–Crippen LogP) is 1.90. The fraction of sp³-hybridized carbons (Fsp3) is 0.545. The number of hydrogen-bond acceptors (Lipinski definition) is 4. The van der Waals surface area contributed by atoms with E-state index >= 15 is 0 Å². The third kappa shape index (κ3) is 4.66.